The molecule has 0 aliphatic heterocycles. The third-order valence-corrected chi connectivity index (χ3v) is 10.2. The van der Waals surface area contributed by atoms with Crippen LogP contribution in [-0.2, 0) is 5.60 Å². The molecule has 160 valence electrons. The van der Waals surface area contributed by atoms with Gasteiger partial charge in [0.25, 0.3) is 0 Å². The van der Waals surface area contributed by atoms with Crippen molar-refractivity contribution in [2.24, 2.45) is 28.6 Å². The van der Waals surface area contributed by atoms with E-state index in [0.29, 0.717) is 30.2 Å². The molecule has 1 heterocycles. The number of pyridine rings is 1. The molecule has 0 bridgehead atoms. The van der Waals surface area contributed by atoms with Gasteiger partial charge in [-0.05, 0) is 87.0 Å². The Kier molecular flexibility index (Phi) is 4.21. The predicted octanol–water partition coefficient (Wildman–Crippen LogP) is 3.03. The maximum absolute atomic E-state index is 12.2. The van der Waals surface area contributed by atoms with Crippen LogP contribution < -0.4 is 4.73 Å². The summed E-state index contributed by atoms with van der Waals surface area (Å²) < 4.78 is 0.749. The van der Waals surface area contributed by atoms with E-state index < -0.39 is 16.6 Å². The van der Waals surface area contributed by atoms with E-state index in [0.717, 1.165) is 49.7 Å². The maximum atomic E-state index is 12.2. The molecule has 5 nitrogen and oxygen atoms in total. The molecule has 0 aromatic carbocycles. The Bertz CT molecular complexity index is 816. The predicted molar refractivity (Wildman–Crippen MR) is 108 cm³/mol. The second-order valence-corrected chi connectivity index (χ2v) is 11.0. The first-order chi connectivity index (χ1) is 13.6. The van der Waals surface area contributed by atoms with Crippen molar-refractivity contribution in [3.8, 4) is 0 Å². The first kappa shape index (κ1) is 19.8. The summed E-state index contributed by atoms with van der Waals surface area (Å²) in [6.07, 6.45) is 10.4. The summed E-state index contributed by atoms with van der Waals surface area (Å²) in [6.45, 7) is 4.45. The highest BCUT2D eigenvalue weighted by molar-refractivity contribution is 5.30. The van der Waals surface area contributed by atoms with Crippen molar-refractivity contribution in [1.82, 2.24) is 0 Å². The summed E-state index contributed by atoms with van der Waals surface area (Å²) in [4.78, 5) is 0. The number of aliphatic hydroxyl groups excluding tert-OH is 1. The van der Waals surface area contributed by atoms with E-state index in [9.17, 15) is 20.5 Å². The number of hydrogen-bond donors (Lipinski definition) is 3. The van der Waals surface area contributed by atoms with Gasteiger partial charge in [-0.1, -0.05) is 13.8 Å². The summed E-state index contributed by atoms with van der Waals surface area (Å²) in [5.74, 6) is 1.15. The molecule has 4 aliphatic carbocycles. The van der Waals surface area contributed by atoms with Gasteiger partial charge in [-0.25, -0.2) is 0 Å². The highest BCUT2D eigenvalue weighted by Gasteiger charge is 2.72. The second-order valence-electron chi connectivity index (χ2n) is 11.0. The average molecular weight is 402 g/mol. The second kappa shape index (κ2) is 6.18. The van der Waals surface area contributed by atoms with E-state index in [4.69, 9.17) is 0 Å². The van der Waals surface area contributed by atoms with E-state index in [1.165, 1.54) is 12.4 Å². The molecule has 4 saturated carbocycles. The Hall–Kier alpha value is -1.17. The quantitative estimate of drug-likeness (QED) is 0.499. The molecule has 29 heavy (non-hydrogen) atoms. The molecule has 5 heteroatoms. The topological polar surface area (TPSA) is 87.6 Å². The fraction of sp³-hybridized carbons (Fsp3) is 0.792. The lowest BCUT2D eigenvalue weighted by Gasteiger charge is -2.64. The van der Waals surface area contributed by atoms with Crippen molar-refractivity contribution in [3.05, 3.63) is 35.3 Å². The van der Waals surface area contributed by atoms with Gasteiger partial charge in [-0.15, -0.1) is 0 Å². The van der Waals surface area contributed by atoms with E-state index in [1.54, 1.807) is 6.07 Å². The van der Waals surface area contributed by atoms with Crippen LogP contribution >= 0.6 is 0 Å². The van der Waals surface area contributed by atoms with Crippen LogP contribution in [0.25, 0.3) is 0 Å². The summed E-state index contributed by atoms with van der Waals surface area (Å²) in [5.41, 5.74) is -1.95. The van der Waals surface area contributed by atoms with Crippen LogP contribution in [0.1, 0.15) is 77.2 Å². The standard InChI is InChI=1S/C24H35NO4/c1-21-9-7-18(26)14-16(21)5-6-20-19(21)8-10-22(2)23(27,11-12-24(20,22)28)17-4-3-13-25(29)15-17/h3-4,13,15-16,18-20,26-28H,5-12,14H2,1-2H3/t16-,18+,19+,20-,21+,22-,23+,24+/m1/s1. The van der Waals surface area contributed by atoms with Crippen LogP contribution in [0.3, 0.4) is 0 Å². The summed E-state index contributed by atoms with van der Waals surface area (Å²) in [5, 5.41) is 46.2. The number of hydrogen-bond acceptors (Lipinski definition) is 4. The minimum atomic E-state index is -1.18. The van der Waals surface area contributed by atoms with Crippen LogP contribution in [0.4, 0.5) is 0 Å². The first-order valence-corrected chi connectivity index (χ1v) is 11.5. The molecule has 3 N–H and O–H groups in total. The number of nitrogens with zero attached hydrogens (tertiary/aromatic N) is 1. The zero-order valence-electron chi connectivity index (χ0n) is 17.7. The number of aromatic nitrogens is 1. The van der Waals surface area contributed by atoms with Gasteiger partial charge in [0, 0.05) is 17.0 Å². The molecule has 4 aliphatic rings. The molecule has 1 aromatic heterocycles. The third-order valence-electron chi connectivity index (χ3n) is 10.2. The van der Waals surface area contributed by atoms with Crippen molar-refractivity contribution in [2.75, 3.05) is 0 Å². The van der Waals surface area contributed by atoms with Crippen molar-refractivity contribution in [3.63, 3.8) is 0 Å². The largest absolute Gasteiger partial charge is 0.619 e. The van der Waals surface area contributed by atoms with Crippen LogP contribution in [0.15, 0.2) is 24.5 Å². The molecule has 4 fully saturated rings. The van der Waals surface area contributed by atoms with E-state index in [1.807, 2.05) is 6.07 Å². The Balaban J connectivity index is 1.53. The Morgan fingerprint density at radius 3 is 2.55 bits per heavy atom. The highest BCUT2D eigenvalue weighted by atomic mass is 16.5. The molecule has 0 spiro atoms. The molecule has 5 rings (SSSR count). The van der Waals surface area contributed by atoms with Crippen LogP contribution in [0, 0.1) is 33.8 Å². The minimum absolute atomic E-state index is 0.171. The molecule has 1 aromatic rings. The van der Waals surface area contributed by atoms with Gasteiger partial charge in [0.05, 0.1) is 11.7 Å². The normalized spacial score (nSPS) is 51.8. The third kappa shape index (κ3) is 2.41. The van der Waals surface area contributed by atoms with Gasteiger partial charge in [-0.2, -0.15) is 4.73 Å². The summed E-state index contributed by atoms with van der Waals surface area (Å²) in [7, 11) is 0. The van der Waals surface area contributed by atoms with E-state index in [2.05, 4.69) is 13.8 Å². The molecular formula is C24H35NO4. The SMILES string of the molecule is C[C@]12CC[C@H](O)C[C@H]1CC[C@@H]1[C@@H]2CC[C@]2(C)[C@@](O)(c3ccc[n+]([O-])c3)CC[C@]12O. The highest BCUT2D eigenvalue weighted by Crippen LogP contribution is 2.71. The van der Waals surface area contributed by atoms with Gasteiger partial charge in [0.2, 0.25) is 0 Å². The van der Waals surface area contributed by atoms with Gasteiger partial charge < -0.3 is 20.5 Å². The van der Waals surface area contributed by atoms with Crippen molar-refractivity contribution < 1.29 is 20.0 Å². The fourth-order valence-electron chi connectivity index (χ4n) is 8.38. The lowest BCUT2D eigenvalue weighted by atomic mass is 9.43. The maximum Gasteiger partial charge on any atom is 0.186 e. The van der Waals surface area contributed by atoms with Crippen molar-refractivity contribution >= 4 is 0 Å². The van der Waals surface area contributed by atoms with E-state index >= 15 is 0 Å². The van der Waals surface area contributed by atoms with E-state index in [-0.39, 0.29) is 17.4 Å². The molecule has 8 atom stereocenters. The Morgan fingerprint density at radius 2 is 1.79 bits per heavy atom. The number of rotatable bonds is 1. The monoisotopic (exact) mass is 401 g/mol. The Labute approximate surface area is 173 Å². The van der Waals surface area contributed by atoms with Gasteiger partial charge in [-0.3, -0.25) is 0 Å². The lowest BCUT2D eigenvalue weighted by Crippen LogP contribution is -2.64. The molecular weight excluding hydrogens is 366 g/mol. The van der Waals surface area contributed by atoms with Crippen molar-refractivity contribution in [1.29, 1.82) is 0 Å². The van der Waals surface area contributed by atoms with Crippen molar-refractivity contribution in [2.45, 2.75) is 88.9 Å². The minimum Gasteiger partial charge on any atom is -0.619 e. The van der Waals surface area contributed by atoms with Gasteiger partial charge >= 0.3 is 0 Å². The molecule has 0 radical (unpaired) electrons. The molecule has 0 saturated heterocycles. The van der Waals surface area contributed by atoms with Crippen LogP contribution in [0.2, 0.25) is 0 Å². The smallest absolute Gasteiger partial charge is 0.186 e. The molecule has 0 amide bonds. The molecule has 0 unspecified atom stereocenters. The Morgan fingerprint density at radius 1 is 1.00 bits per heavy atom. The summed E-state index contributed by atoms with van der Waals surface area (Å²) in [6, 6.07) is 3.52. The zero-order valence-corrected chi connectivity index (χ0v) is 17.7. The number of aliphatic hydroxyl groups is 3. The van der Waals surface area contributed by atoms with Crippen LogP contribution in [-0.4, -0.2) is 27.0 Å². The summed E-state index contributed by atoms with van der Waals surface area (Å²) >= 11 is 0. The lowest BCUT2D eigenvalue weighted by molar-refractivity contribution is -0.606. The van der Waals surface area contributed by atoms with Gasteiger partial charge in [0.1, 0.15) is 5.60 Å². The zero-order chi connectivity index (χ0) is 20.7. The first-order valence-electron chi connectivity index (χ1n) is 11.5. The fourth-order valence-corrected chi connectivity index (χ4v) is 8.38. The van der Waals surface area contributed by atoms with Gasteiger partial charge in [0.15, 0.2) is 12.4 Å². The van der Waals surface area contributed by atoms with Crippen LogP contribution in [0.5, 0.6) is 0 Å². The number of fused-ring (bicyclic) bond motifs is 5. The average Bonchev–Trinajstić information content (AvgIpc) is 2.91.